The maximum absolute atomic E-state index is 13.7. The smallest absolute Gasteiger partial charge is 0.255 e. The Hall–Kier alpha value is -2.58. The summed E-state index contributed by atoms with van der Waals surface area (Å²) in [6.07, 6.45) is 5.56. The molecular weight excluding hydrogens is 429 g/mol. The van der Waals surface area contributed by atoms with Gasteiger partial charge >= 0.3 is 0 Å². The molecule has 32 heavy (non-hydrogen) atoms. The van der Waals surface area contributed by atoms with E-state index in [2.05, 4.69) is 10.5 Å². The highest BCUT2D eigenvalue weighted by atomic mass is 32.2. The number of hydrazone groups is 1. The molecule has 1 saturated carbocycles. The predicted octanol–water partition coefficient (Wildman–Crippen LogP) is 4.22. The van der Waals surface area contributed by atoms with Crippen molar-refractivity contribution in [3.8, 4) is 0 Å². The maximum Gasteiger partial charge on any atom is 0.255 e. The fourth-order valence-corrected chi connectivity index (χ4v) is 6.46. The zero-order valence-electron chi connectivity index (χ0n) is 18.8. The Balaban J connectivity index is 1.85. The van der Waals surface area contributed by atoms with Gasteiger partial charge in [-0.25, -0.2) is 18.2 Å². The minimum atomic E-state index is -3.90. The minimum Gasteiger partial charge on any atom is -0.272 e. The molecular formula is C24H30FN3O3S. The summed E-state index contributed by atoms with van der Waals surface area (Å²) in [6.45, 7) is 5.15. The van der Waals surface area contributed by atoms with Gasteiger partial charge < -0.3 is 0 Å². The van der Waals surface area contributed by atoms with Gasteiger partial charge in [-0.1, -0.05) is 55.2 Å². The van der Waals surface area contributed by atoms with Crippen LogP contribution in [0.3, 0.4) is 0 Å². The van der Waals surface area contributed by atoms with Crippen LogP contribution in [0.2, 0.25) is 0 Å². The molecule has 0 radical (unpaired) electrons. The van der Waals surface area contributed by atoms with Gasteiger partial charge in [-0.2, -0.15) is 9.41 Å². The van der Waals surface area contributed by atoms with E-state index < -0.39 is 21.7 Å². The zero-order chi connectivity index (χ0) is 23.3. The van der Waals surface area contributed by atoms with E-state index in [9.17, 15) is 17.6 Å². The zero-order valence-corrected chi connectivity index (χ0v) is 19.6. The molecule has 1 aliphatic carbocycles. The van der Waals surface area contributed by atoms with Gasteiger partial charge in [0.2, 0.25) is 10.0 Å². The van der Waals surface area contributed by atoms with Crippen LogP contribution in [-0.2, 0) is 14.8 Å². The Morgan fingerprint density at radius 3 is 2.38 bits per heavy atom. The average molecular weight is 460 g/mol. The van der Waals surface area contributed by atoms with Crippen LogP contribution in [0.1, 0.15) is 54.4 Å². The van der Waals surface area contributed by atoms with Crippen LogP contribution < -0.4 is 5.43 Å². The first-order chi connectivity index (χ1) is 15.2. The molecule has 1 fully saturated rings. The van der Waals surface area contributed by atoms with Gasteiger partial charge in [-0.05, 0) is 50.8 Å². The number of aryl methyl sites for hydroxylation is 3. The molecule has 0 heterocycles. The third-order valence-electron chi connectivity index (χ3n) is 5.75. The Bertz CT molecular complexity index is 1090. The van der Waals surface area contributed by atoms with Crippen molar-refractivity contribution < 1.29 is 17.6 Å². The highest BCUT2D eigenvalue weighted by molar-refractivity contribution is 7.89. The number of benzene rings is 2. The molecule has 2 aromatic carbocycles. The molecule has 1 N–H and O–H groups in total. The van der Waals surface area contributed by atoms with E-state index in [4.69, 9.17) is 0 Å². The molecule has 8 heteroatoms. The molecule has 0 atom stereocenters. The molecule has 0 saturated heterocycles. The normalized spacial score (nSPS) is 15.4. The molecule has 0 unspecified atom stereocenters. The number of amides is 1. The molecule has 0 bridgehead atoms. The number of rotatable bonds is 7. The van der Waals surface area contributed by atoms with Crippen molar-refractivity contribution >= 4 is 22.1 Å². The van der Waals surface area contributed by atoms with Gasteiger partial charge in [0.25, 0.3) is 5.91 Å². The Labute approximate surface area is 189 Å². The van der Waals surface area contributed by atoms with Crippen molar-refractivity contribution in [2.45, 2.75) is 63.8 Å². The predicted molar refractivity (Wildman–Crippen MR) is 124 cm³/mol. The van der Waals surface area contributed by atoms with E-state index in [0.29, 0.717) is 11.1 Å². The van der Waals surface area contributed by atoms with Gasteiger partial charge in [0, 0.05) is 11.6 Å². The summed E-state index contributed by atoms with van der Waals surface area (Å²) in [7, 11) is -3.90. The minimum absolute atomic E-state index is 0.232. The van der Waals surface area contributed by atoms with Gasteiger partial charge in [-0.15, -0.1) is 0 Å². The first-order valence-corrected chi connectivity index (χ1v) is 12.3. The van der Waals surface area contributed by atoms with Crippen LogP contribution in [0.15, 0.2) is 46.4 Å². The topological polar surface area (TPSA) is 78.8 Å². The number of hydrogen-bond donors (Lipinski definition) is 1. The lowest BCUT2D eigenvalue weighted by Crippen LogP contribution is -2.46. The van der Waals surface area contributed by atoms with Gasteiger partial charge in [0.15, 0.2) is 0 Å². The summed E-state index contributed by atoms with van der Waals surface area (Å²) in [5.41, 5.74) is 4.90. The number of carbonyl (C=O) groups excluding carboxylic acids is 1. The number of halogens is 1. The number of nitrogens with one attached hydrogen (secondary N) is 1. The summed E-state index contributed by atoms with van der Waals surface area (Å²) in [6, 6.07) is 9.51. The van der Waals surface area contributed by atoms with Crippen molar-refractivity contribution in [2.75, 3.05) is 6.54 Å². The summed E-state index contributed by atoms with van der Waals surface area (Å²) in [5.74, 6) is -1.02. The van der Waals surface area contributed by atoms with Crippen molar-refractivity contribution in [1.82, 2.24) is 9.73 Å². The number of sulfonamides is 1. The average Bonchev–Trinajstić information content (AvgIpc) is 2.73. The summed E-state index contributed by atoms with van der Waals surface area (Å²) in [4.78, 5) is 12.9. The molecule has 6 nitrogen and oxygen atoms in total. The van der Waals surface area contributed by atoms with Crippen LogP contribution in [-0.4, -0.2) is 37.4 Å². The third-order valence-corrected chi connectivity index (χ3v) is 7.96. The van der Waals surface area contributed by atoms with Crippen LogP contribution >= 0.6 is 0 Å². The van der Waals surface area contributed by atoms with Crippen molar-refractivity contribution in [1.29, 1.82) is 0 Å². The quantitative estimate of drug-likeness (QED) is 0.497. The van der Waals surface area contributed by atoms with Crippen LogP contribution in [0.4, 0.5) is 4.39 Å². The van der Waals surface area contributed by atoms with Crippen molar-refractivity contribution in [3.63, 3.8) is 0 Å². The molecule has 172 valence electrons. The number of nitrogens with zero attached hydrogens (tertiary/aromatic N) is 2. The lowest BCUT2D eigenvalue weighted by Gasteiger charge is -2.33. The lowest BCUT2D eigenvalue weighted by molar-refractivity contribution is -0.121. The largest absolute Gasteiger partial charge is 0.272 e. The molecule has 1 amide bonds. The fourth-order valence-electron chi connectivity index (χ4n) is 4.40. The monoisotopic (exact) mass is 459 g/mol. The van der Waals surface area contributed by atoms with E-state index in [-0.39, 0.29) is 23.0 Å². The van der Waals surface area contributed by atoms with E-state index in [1.165, 1.54) is 22.7 Å². The molecule has 0 aliphatic heterocycles. The third kappa shape index (κ3) is 5.61. The second-order valence-electron chi connectivity index (χ2n) is 8.38. The van der Waals surface area contributed by atoms with Crippen LogP contribution in [0.25, 0.3) is 0 Å². The summed E-state index contributed by atoms with van der Waals surface area (Å²) < 4.78 is 42.5. The van der Waals surface area contributed by atoms with Crippen LogP contribution in [0, 0.1) is 26.6 Å². The van der Waals surface area contributed by atoms with Crippen LogP contribution in [0.5, 0.6) is 0 Å². The number of hydrogen-bond acceptors (Lipinski definition) is 4. The Morgan fingerprint density at radius 1 is 1.12 bits per heavy atom. The van der Waals surface area contributed by atoms with Gasteiger partial charge in [0.05, 0.1) is 17.7 Å². The lowest BCUT2D eigenvalue weighted by atomic mass is 9.95. The highest BCUT2D eigenvalue weighted by Gasteiger charge is 2.35. The second-order valence-corrected chi connectivity index (χ2v) is 10.2. The molecule has 3 rings (SSSR count). The maximum atomic E-state index is 13.7. The standard InChI is InChI=1S/C24H30FN3O3S/c1-17-13-18(2)24(19(3)14-17)32(30,31)28(21-10-5-4-6-11-21)16-23(29)27-26-15-20-9-7-8-12-22(20)25/h7-9,12-15,21H,4-6,10-11,16H2,1-3H3,(H,27,29). The first-order valence-electron chi connectivity index (χ1n) is 10.9. The van der Waals surface area contributed by atoms with E-state index in [1.54, 1.807) is 26.0 Å². The highest BCUT2D eigenvalue weighted by Crippen LogP contribution is 2.31. The number of carbonyl (C=O) groups is 1. The van der Waals surface area contributed by atoms with E-state index in [0.717, 1.165) is 37.7 Å². The van der Waals surface area contributed by atoms with E-state index >= 15 is 0 Å². The Morgan fingerprint density at radius 2 is 1.75 bits per heavy atom. The summed E-state index contributed by atoms with van der Waals surface area (Å²) >= 11 is 0. The van der Waals surface area contributed by atoms with Crippen molar-refractivity contribution in [2.24, 2.45) is 5.10 Å². The second kappa shape index (κ2) is 10.4. The summed E-state index contributed by atoms with van der Waals surface area (Å²) in [5, 5.41) is 3.82. The Kier molecular flexibility index (Phi) is 7.79. The van der Waals surface area contributed by atoms with Gasteiger partial charge in [-0.3, -0.25) is 4.79 Å². The van der Waals surface area contributed by atoms with Crippen molar-refractivity contribution in [3.05, 3.63) is 64.5 Å². The first kappa shape index (κ1) is 24.1. The molecule has 0 spiro atoms. The molecule has 2 aromatic rings. The molecule has 0 aromatic heterocycles. The van der Waals surface area contributed by atoms with E-state index in [1.807, 2.05) is 19.1 Å². The SMILES string of the molecule is Cc1cc(C)c(S(=O)(=O)N(CC(=O)NN=Cc2ccccc2F)C2CCCCC2)c(C)c1. The van der Waals surface area contributed by atoms with Gasteiger partial charge in [0.1, 0.15) is 5.82 Å². The molecule has 1 aliphatic rings. The fraction of sp³-hybridized carbons (Fsp3) is 0.417.